The zero-order chi connectivity index (χ0) is 15.5. The first-order chi connectivity index (χ1) is 9.96. The van der Waals surface area contributed by atoms with E-state index in [1.165, 1.54) is 12.1 Å². The Balaban J connectivity index is 2.26. The van der Waals surface area contributed by atoms with Crippen LogP contribution in [-0.2, 0) is 16.6 Å². The molecule has 3 N–H and O–H groups in total. The van der Waals surface area contributed by atoms with Crippen LogP contribution in [0.5, 0.6) is 5.75 Å². The molecular weight excluding hydrogens is 356 g/mol. The molecule has 0 aliphatic carbocycles. The Kier molecular flexibility index (Phi) is 4.87. The highest BCUT2D eigenvalue weighted by Crippen LogP contribution is 2.28. The maximum absolute atomic E-state index is 12.3. The van der Waals surface area contributed by atoms with Crippen molar-refractivity contribution in [3.05, 3.63) is 52.5 Å². The van der Waals surface area contributed by atoms with Crippen LogP contribution in [-0.4, -0.2) is 15.5 Å². The van der Waals surface area contributed by atoms with Gasteiger partial charge in [-0.25, -0.2) is 8.42 Å². The zero-order valence-corrected chi connectivity index (χ0v) is 13.7. The highest BCUT2D eigenvalue weighted by Gasteiger charge is 2.14. The van der Waals surface area contributed by atoms with Gasteiger partial charge in [-0.1, -0.05) is 12.1 Å². The molecule has 0 atom stereocenters. The molecule has 21 heavy (non-hydrogen) atoms. The molecule has 0 amide bonds. The molecule has 2 rings (SSSR count). The number of nitrogens with one attached hydrogen (secondary N) is 1. The molecule has 0 bridgehead atoms. The molecule has 7 heteroatoms. The number of methoxy groups -OCH3 is 1. The summed E-state index contributed by atoms with van der Waals surface area (Å²) in [6.45, 7) is 0.374. The van der Waals surface area contributed by atoms with Crippen LogP contribution in [0.25, 0.3) is 0 Å². The van der Waals surface area contributed by atoms with E-state index in [1.807, 2.05) is 0 Å². The van der Waals surface area contributed by atoms with Gasteiger partial charge in [-0.15, -0.1) is 0 Å². The third-order valence-corrected chi connectivity index (χ3v) is 4.89. The Hall–Kier alpha value is -1.57. The number of halogens is 1. The lowest BCUT2D eigenvalue weighted by molar-refractivity contribution is 0.412. The molecule has 5 nitrogen and oxygen atoms in total. The van der Waals surface area contributed by atoms with E-state index in [9.17, 15) is 8.42 Å². The maximum Gasteiger partial charge on any atom is 0.261 e. The summed E-state index contributed by atoms with van der Waals surface area (Å²) in [6, 6.07) is 11.4. The first kappa shape index (κ1) is 15.8. The number of hydrogen-bond acceptors (Lipinski definition) is 4. The summed E-state index contributed by atoms with van der Waals surface area (Å²) in [5.41, 5.74) is 6.82. The largest absolute Gasteiger partial charge is 0.496 e. The van der Waals surface area contributed by atoms with Gasteiger partial charge in [0.1, 0.15) is 5.75 Å². The number of ether oxygens (including phenoxy) is 1. The molecule has 0 fully saturated rings. The molecule has 0 spiro atoms. The smallest absolute Gasteiger partial charge is 0.261 e. The van der Waals surface area contributed by atoms with Gasteiger partial charge >= 0.3 is 0 Å². The van der Waals surface area contributed by atoms with Crippen LogP contribution >= 0.6 is 15.9 Å². The fourth-order valence-corrected chi connectivity index (χ4v) is 3.34. The first-order valence-corrected chi connectivity index (χ1v) is 8.39. The molecule has 0 aromatic heterocycles. The van der Waals surface area contributed by atoms with Gasteiger partial charge in [-0.05, 0) is 51.8 Å². The van der Waals surface area contributed by atoms with Crippen molar-refractivity contribution in [2.45, 2.75) is 11.4 Å². The number of sulfonamides is 1. The predicted molar refractivity (Wildman–Crippen MR) is 85.8 cm³/mol. The van der Waals surface area contributed by atoms with E-state index in [2.05, 4.69) is 20.7 Å². The molecule has 0 radical (unpaired) electrons. The zero-order valence-electron chi connectivity index (χ0n) is 11.3. The second-order valence-corrected chi connectivity index (χ2v) is 6.84. The fraction of sp³-hybridized carbons (Fsp3) is 0.143. The van der Waals surface area contributed by atoms with Gasteiger partial charge in [-0.2, -0.15) is 0 Å². The number of anilines is 1. The molecule has 0 saturated heterocycles. The van der Waals surface area contributed by atoms with E-state index in [-0.39, 0.29) is 4.90 Å². The van der Waals surface area contributed by atoms with Crippen molar-refractivity contribution in [2.75, 3.05) is 11.8 Å². The first-order valence-electron chi connectivity index (χ1n) is 6.11. The average Bonchev–Trinajstić information content (AvgIpc) is 2.47. The Labute approximate surface area is 132 Å². The monoisotopic (exact) mass is 370 g/mol. The van der Waals surface area contributed by atoms with Gasteiger partial charge in [-0.3, -0.25) is 4.72 Å². The Morgan fingerprint density at radius 2 is 1.86 bits per heavy atom. The predicted octanol–water partition coefficient (Wildman–Crippen LogP) is 2.72. The summed E-state index contributed by atoms with van der Waals surface area (Å²) in [5, 5.41) is 0. The van der Waals surface area contributed by atoms with Crippen molar-refractivity contribution in [1.29, 1.82) is 0 Å². The lowest BCUT2D eigenvalue weighted by Gasteiger charge is -2.10. The van der Waals surface area contributed by atoms with Crippen molar-refractivity contribution in [1.82, 2.24) is 0 Å². The summed E-state index contributed by atoms with van der Waals surface area (Å²) < 4.78 is 32.9. The molecule has 0 aliphatic rings. The average molecular weight is 371 g/mol. The van der Waals surface area contributed by atoms with E-state index < -0.39 is 10.0 Å². The molecule has 2 aromatic carbocycles. The van der Waals surface area contributed by atoms with Gasteiger partial charge < -0.3 is 10.5 Å². The van der Waals surface area contributed by atoms with Crippen LogP contribution in [0.1, 0.15) is 5.56 Å². The molecule has 0 saturated carbocycles. The van der Waals surface area contributed by atoms with Gasteiger partial charge in [0.15, 0.2) is 0 Å². The minimum absolute atomic E-state index is 0.187. The molecule has 0 aliphatic heterocycles. The van der Waals surface area contributed by atoms with E-state index in [4.69, 9.17) is 10.5 Å². The van der Waals surface area contributed by atoms with Crippen molar-refractivity contribution in [3.8, 4) is 5.75 Å². The lowest BCUT2D eigenvalue weighted by Crippen LogP contribution is -2.13. The summed E-state index contributed by atoms with van der Waals surface area (Å²) in [4.78, 5) is 0.187. The van der Waals surface area contributed by atoms with Crippen molar-refractivity contribution >= 4 is 31.6 Å². The van der Waals surface area contributed by atoms with E-state index in [0.29, 0.717) is 22.5 Å². The number of nitrogens with two attached hydrogens (primary N) is 1. The third-order valence-electron chi connectivity index (χ3n) is 2.87. The fourth-order valence-electron chi connectivity index (χ4n) is 1.75. The number of hydrogen-bond donors (Lipinski definition) is 2. The van der Waals surface area contributed by atoms with Gasteiger partial charge in [0.05, 0.1) is 22.2 Å². The van der Waals surface area contributed by atoms with Crippen LogP contribution in [0, 0.1) is 0 Å². The maximum atomic E-state index is 12.3. The second kappa shape index (κ2) is 6.46. The SMILES string of the molecule is COc1ccc(NS(=O)(=O)c2ccc(CN)cc2)cc1Br. The lowest BCUT2D eigenvalue weighted by atomic mass is 10.2. The standard InChI is InChI=1S/C14H15BrN2O3S/c1-20-14-7-4-11(8-13(14)15)17-21(18,19)12-5-2-10(9-16)3-6-12/h2-8,17H,9,16H2,1H3. The summed E-state index contributed by atoms with van der Waals surface area (Å²) >= 11 is 3.32. The topological polar surface area (TPSA) is 81.4 Å². The second-order valence-electron chi connectivity index (χ2n) is 4.30. The summed E-state index contributed by atoms with van der Waals surface area (Å²) in [7, 11) is -2.08. The minimum Gasteiger partial charge on any atom is -0.496 e. The Bertz CT molecular complexity index is 730. The number of benzene rings is 2. The molecule has 112 valence electrons. The van der Waals surface area contributed by atoms with Crippen LogP contribution in [0.4, 0.5) is 5.69 Å². The van der Waals surface area contributed by atoms with E-state index in [1.54, 1.807) is 37.4 Å². The molecular formula is C14H15BrN2O3S. The Morgan fingerprint density at radius 1 is 1.19 bits per heavy atom. The van der Waals surface area contributed by atoms with Crippen molar-refractivity contribution in [3.63, 3.8) is 0 Å². The Morgan fingerprint density at radius 3 is 2.38 bits per heavy atom. The minimum atomic E-state index is -3.63. The van der Waals surface area contributed by atoms with Crippen LogP contribution in [0.15, 0.2) is 51.8 Å². The summed E-state index contributed by atoms with van der Waals surface area (Å²) in [5.74, 6) is 0.630. The molecule has 2 aromatic rings. The number of rotatable bonds is 5. The van der Waals surface area contributed by atoms with Gasteiger partial charge in [0, 0.05) is 6.54 Å². The van der Waals surface area contributed by atoms with Gasteiger partial charge in [0.2, 0.25) is 0 Å². The summed E-state index contributed by atoms with van der Waals surface area (Å²) in [6.07, 6.45) is 0. The van der Waals surface area contributed by atoms with Gasteiger partial charge in [0.25, 0.3) is 10.0 Å². The van der Waals surface area contributed by atoms with E-state index in [0.717, 1.165) is 5.56 Å². The highest BCUT2D eigenvalue weighted by molar-refractivity contribution is 9.10. The normalized spacial score (nSPS) is 11.2. The molecule has 0 heterocycles. The van der Waals surface area contributed by atoms with Crippen LogP contribution in [0.2, 0.25) is 0 Å². The quantitative estimate of drug-likeness (QED) is 0.847. The van der Waals surface area contributed by atoms with Crippen LogP contribution in [0.3, 0.4) is 0 Å². The van der Waals surface area contributed by atoms with E-state index >= 15 is 0 Å². The highest BCUT2D eigenvalue weighted by atomic mass is 79.9. The van der Waals surface area contributed by atoms with Crippen molar-refractivity contribution < 1.29 is 13.2 Å². The third kappa shape index (κ3) is 3.75. The van der Waals surface area contributed by atoms with Crippen molar-refractivity contribution in [2.24, 2.45) is 5.73 Å². The van der Waals surface area contributed by atoms with Crippen LogP contribution < -0.4 is 15.2 Å². The molecule has 0 unspecified atom stereocenters.